The van der Waals surface area contributed by atoms with Gasteiger partial charge < -0.3 is 5.32 Å². The molecular weight excluding hydrogens is 230 g/mol. The maximum atomic E-state index is 3.56. The Balaban J connectivity index is 2.06. The summed E-state index contributed by atoms with van der Waals surface area (Å²) < 4.78 is 0. The van der Waals surface area contributed by atoms with E-state index in [1.165, 1.54) is 49.8 Å². The van der Waals surface area contributed by atoms with E-state index in [4.69, 9.17) is 0 Å². The highest BCUT2D eigenvalue weighted by Gasteiger charge is 2.25. The zero-order valence-corrected chi connectivity index (χ0v) is 12.8. The third-order valence-corrected chi connectivity index (χ3v) is 4.83. The van der Waals surface area contributed by atoms with Crippen molar-refractivity contribution in [2.45, 2.75) is 52.9 Å². The standard InChI is InChI=1S/C18H29N/c1-4-19-13-17-11-6-5-10-16(17)12-18-14(2)8-7-9-15(18)3/h7-9,16-17,19H,4-6,10-13H2,1-3H3. The first-order valence-electron chi connectivity index (χ1n) is 7.98. The zero-order valence-electron chi connectivity index (χ0n) is 12.8. The number of hydrogen-bond acceptors (Lipinski definition) is 1. The van der Waals surface area contributed by atoms with Gasteiger partial charge in [0, 0.05) is 0 Å². The van der Waals surface area contributed by atoms with Gasteiger partial charge >= 0.3 is 0 Å². The molecular formula is C18H29N. The molecule has 106 valence electrons. The maximum Gasteiger partial charge on any atom is -0.00179 e. The predicted molar refractivity (Wildman–Crippen MR) is 83.6 cm³/mol. The van der Waals surface area contributed by atoms with Gasteiger partial charge in [-0.2, -0.15) is 0 Å². The Labute approximate surface area is 118 Å². The van der Waals surface area contributed by atoms with E-state index in [2.05, 4.69) is 44.3 Å². The zero-order chi connectivity index (χ0) is 13.7. The highest BCUT2D eigenvalue weighted by molar-refractivity contribution is 5.33. The second kappa shape index (κ2) is 7.09. The van der Waals surface area contributed by atoms with Crippen LogP contribution in [-0.2, 0) is 6.42 Å². The van der Waals surface area contributed by atoms with Gasteiger partial charge in [-0.3, -0.25) is 0 Å². The largest absolute Gasteiger partial charge is 0.317 e. The monoisotopic (exact) mass is 259 g/mol. The van der Waals surface area contributed by atoms with E-state index in [1.54, 1.807) is 5.56 Å². The molecule has 1 fully saturated rings. The second-order valence-electron chi connectivity index (χ2n) is 6.19. The molecule has 0 radical (unpaired) electrons. The minimum atomic E-state index is 0.882. The molecule has 0 aromatic heterocycles. The summed E-state index contributed by atoms with van der Waals surface area (Å²) in [5.41, 5.74) is 4.57. The van der Waals surface area contributed by atoms with Crippen LogP contribution < -0.4 is 5.32 Å². The molecule has 1 aliphatic rings. The fourth-order valence-electron chi connectivity index (χ4n) is 3.58. The van der Waals surface area contributed by atoms with Crippen molar-refractivity contribution in [2.24, 2.45) is 11.8 Å². The summed E-state index contributed by atoms with van der Waals surface area (Å²) in [5.74, 6) is 1.76. The van der Waals surface area contributed by atoms with Gasteiger partial charge in [0.15, 0.2) is 0 Å². The molecule has 1 N–H and O–H groups in total. The van der Waals surface area contributed by atoms with E-state index in [0.717, 1.165) is 18.4 Å². The molecule has 0 amide bonds. The van der Waals surface area contributed by atoms with Crippen LogP contribution in [0.5, 0.6) is 0 Å². The number of rotatable bonds is 5. The fraction of sp³-hybridized carbons (Fsp3) is 0.667. The lowest BCUT2D eigenvalue weighted by atomic mass is 9.75. The first-order chi connectivity index (χ1) is 9.22. The van der Waals surface area contributed by atoms with Crippen LogP contribution >= 0.6 is 0 Å². The molecule has 1 heteroatoms. The van der Waals surface area contributed by atoms with Gasteiger partial charge in [0.05, 0.1) is 0 Å². The van der Waals surface area contributed by atoms with E-state index < -0.39 is 0 Å². The second-order valence-corrected chi connectivity index (χ2v) is 6.19. The van der Waals surface area contributed by atoms with Gasteiger partial charge in [-0.15, -0.1) is 0 Å². The molecule has 19 heavy (non-hydrogen) atoms. The van der Waals surface area contributed by atoms with Crippen molar-refractivity contribution in [2.75, 3.05) is 13.1 Å². The fourth-order valence-corrected chi connectivity index (χ4v) is 3.58. The molecule has 0 aliphatic heterocycles. The van der Waals surface area contributed by atoms with Crippen molar-refractivity contribution in [1.82, 2.24) is 5.32 Å². The number of nitrogens with one attached hydrogen (secondary N) is 1. The van der Waals surface area contributed by atoms with Gasteiger partial charge in [0.25, 0.3) is 0 Å². The van der Waals surface area contributed by atoms with Crippen LogP contribution in [0.25, 0.3) is 0 Å². The number of aryl methyl sites for hydroxylation is 2. The van der Waals surface area contributed by atoms with Crippen LogP contribution in [0.15, 0.2) is 18.2 Å². The Hall–Kier alpha value is -0.820. The van der Waals surface area contributed by atoms with Gasteiger partial charge in [-0.25, -0.2) is 0 Å². The molecule has 2 atom stereocenters. The van der Waals surface area contributed by atoms with E-state index >= 15 is 0 Å². The maximum absolute atomic E-state index is 3.56. The van der Waals surface area contributed by atoms with E-state index in [0.29, 0.717) is 0 Å². The van der Waals surface area contributed by atoms with Crippen LogP contribution in [0.3, 0.4) is 0 Å². The third kappa shape index (κ3) is 3.82. The molecule has 1 aromatic carbocycles. The predicted octanol–water partition coefficient (Wildman–Crippen LogP) is 4.26. The summed E-state index contributed by atoms with van der Waals surface area (Å²) in [4.78, 5) is 0. The lowest BCUT2D eigenvalue weighted by Crippen LogP contribution is -2.31. The van der Waals surface area contributed by atoms with E-state index in [1.807, 2.05) is 0 Å². The van der Waals surface area contributed by atoms with Gasteiger partial charge in [-0.1, -0.05) is 38.0 Å². The molecule has 1 nitrogen and oxygen atoms in total. The molecule has 1 aliphatic carbocycles. The molecule has 2 rings (SSSR count). The smallest absolute Gasteiger partial charge is 0.00179 e. The molecule has 2 unspecified atom stereocenters. The normalized spacial score (nSPS) is 23.5. The first-order valence-corrected chi connectivity index (χ1v) is 7.98. The van der Waals surface area contributed by atoms with Crippen molar-refractivity contribution in [3.05, 3.63) is 34.9 Å². The van der Waals surface area contributed by atoms with Crippen LogP contribution in [0.4, 0.5) is 0 Å². The minimum Gasteiger partial charge on any atom is -0.317 e. The Morgan fingerprint density at radius 1 is 1.05 bits per heavy atom. The van der Waals surface area contributed by atoms with Crippen LogP contribution in [-0.4, -0.2) is 13.1 Å². The van der Waals surface area contributed by atoms with Crippen molar-refractivity contribution >= 4 is 0 Å². The molecule has 1 aromatic rings. The van der Waals surface area contributed by atoms with E-state index in [-0.39, 0.29) is 0 Å². The summed E-state index contributed by atoms with van der Waals surface area (Å²) in [5, 5.41) is 3.56. The number of hydrogen-bond donors (Lipinski definition) is 1. The molecule has 0 bridgehead atoms. The Morgan fingerprint density at radius 3 is 2.32 bits per heavy atom. The topological polar surface area (TPSA) is 12.0 Å². The lowest BCUT2D eigenvalue weighted by molar-refractivity contribution is 0.229. The van der Waals surface area contributed by atoms with Crippen LogP contribution in [0.2, 0.25) is 0 Å². The van der Waals surface area contributed by atoms with Crippen molar-refractivity contribution in [3.8, 4) is 0 Å². The Kier molecular flexibility index (Phi) is 5.45. The Bertz CT molecular complexity index is 376. The SMILES string of the molecule is CCNCC1CCCCC1Cc1c(C)cccc1C. The van der Waals surface area contributed by atoms with Gasteiger partial charge in [0.2, 0.25) is 0 Å². The summed E-state index contributed by atoms with van der Waals surface area (Å²) >= 11 is 0. The Morgan fingerprint density at radius 2 is 1.68 bits per heavy atom. The summed E-state index contributed by atoms with van der Waals surface area (Å²) in [6.45, 7) is 9.07. The average Bonchev–Trinajstić information content (AvgIpc) is 2.42. The van der Waals surface area contributed by atoms with Crippen molar-refractivity contribution in [3.63, 3.8) is 0 Å². The minimum absolute atomic E-state index is 0.882. The molecule has 0 saturated heterocycles. The van der Waals surface area contributed by atoms with Gasteiger partial charge in [0.1, 0.15) is 0 Å². The van der Waals surface area contributed by atoms with Crippen molar-refractivity contribution < 1.29 is 0 Å². The highest BCUT2D eigenvalue weighted by atomic mass is 14.8. The van der Waals surface area contributed by atoms with Crippen LogP contribution in [0, 0.1) is 25.7 Å². The quantitative estimate of drug-likeness (QED) is 0.833. The summed E-state index contributed by atoms with van der Waals surface area (Å²) in [7, 11) is 0. The van der Waals surface area contributed by atoms with Crippen molar-refractivity contribution in [1.29, 1.82) is 0 Å². The third-order valence-electron chi connectivity index (χ3n) is 4.83. The number of benzene rings is 1. The lowest BCUT2D eigenvalue weighted by Gasteiger charge is -2.32. The highest BCUT2D eigenvalue weighted by Crippen LogP contribution is 2.33. The molecule has 0 heterocycles. The summed E-state index contributed by atoms with van der Waals surface area (Å²) in [6.07, 6.45) is 6.98. The average molecular weight is 259 g/mol. The molecule has 0 spiro atoms. The van der Waals surface area contributed by atoms with Gasteiger partial charge in [-0.05, 0) is 74.7 Å². The van der Waals surface area contributed by atoms with Crippen LogP contribution in [0.1, 0.15) is 49.3 Å². The first kappa shape index (κ1) is 14.6. The summed E-state index contributed by atoms with van der Waals surface area (Å²) in [6, 6.07) is 6.72. The molecule has 1 saturated carbocycles. The van der Waals surface area contributed by atoms with E-state index in [9.17, 15) is 0 Å².